The van der Waals surface area contributed by atoms with Gasteiger partial charge in [-0.05, 0) is 12.5 Å². The van der Waals surface area contributed by atoms with E-state index in [1.165, 1.54) is 0 Å². The second kappa shape index (κ2) is 4.54. The average Bonchev–Trinajstić information content (AvgIpc) is 2.15. The van der Waals surface area contributed by atoms with Crippen LogP contribution < -0.4 is 5.73 Å². The predicted octanol–water partition coefficient (Wildman–Crippen LogP) is 1.72. The second-order valence-electron chi connectivity index (χ2n) is 2.89. The molecule has 1 unspecified atom stereocenters. The first-order valence-corrected chi connectivity index (χ1v) is 4.21. The molecule has 0 aliphatic carbocycles. The van der Waals surface area contributed by atoms with Crippen molar-refractivity contribution in [2.75, 3.05) is 5.73 Å². The van der Waals surface area contributed by atoms with E-state index < -0.39 is 6.10 Å². The van der Waals surface area contributed by atoms with Gasteiger partial charge in [-0.2, -0.15) is 0 Å². The van der Waals surface area contributed by atoms with Gasteiger partial charge in [0, 0.05) is 17.7 Å². The van der Waals surface area contributed by atoms with Crippen molar-refractivity contribution in [3.05, 3.63) is 29.8 Å². The van der Waals surface area contributed by atoms with Gasteiger partial charge in [0.2, 0.25) is 0 Å². The quantitative estimate of drug-likeness (QED) is 0.542. The third-order valence-electron chi connectivity index (χ3n) is 1.92. The number of aliphatic hydroxyl groups excluding tert-OH is 1. The maximum absolute atomic E-state index is 9.66. The fourth-order valence-corrected chi connectivity index (χ4v) is 1.19. The Labute approximate surface area is 78.4 Å². The highest BCUT2D eigenvalue weighted by Crippen LogP contribution is 2.23. The highest BCUT2D eigenvalue weighted by atomic mass is 16.3. The van der Waals surface area contributed by atoms with Crippen molar-refractivity contribution >= 4 is 5.69 Å². The molecule has 0 spiro atoms. The summed E-state index contributed by atoms with van der Waals surface area (Å²) in [6.07, 6.45) is 5.68. The van der Waals surface area contributed by atoms with Gasteiger partial charge in [0.25, 0.3) is 0 Å². The third kappa shape index (κ3) is 2.50. The lowest BCUT2D eigenvalue weighted by Gasteiger charge is -2.11. The fraction of sp³-hybridized carbons (Fsp3) is 0.273. The van der Waals surface area contributed by atoms with Gasteiger partial charge in [-0.3, -0.25) is 0 Å². The number of para-hydroxylation sites is 1. The molecule has 1 atom stereocenters. The van der Waals surface area contributed by atoms with Crippen LogP contribution in [-0.4, -0.2) is 5.11 Å². The first kappa shape index (κ1) is 9.63. The second-order valence-corrected chi connectivity index (χ2v) is 2.89. The van der Waals surface area contributed by atoms with Gasteiger partial charge in [0.1, 0.15) is 0 Å². The van der Waals surface area contributed by atoms with Gasteiger partial charge in [-0.1, -0.05) is 18.2 Å². The van der Waals surface area contributed by atoms with Crippen molar-refractivity contribution in [2.24, 2.45) is 0 Å². The maximum atomic E-state index is 9.66. The molecule has 0 saturated heterocycles. The molecule has 0 aliphatic rings. The lowest BCUT2D eigenvalue weighted by Crippen LogP contribution is -2.01. The van der Waals surface area contributed by atoms with Crippen molar-refractivity contribution in [3.63, 3.8) is 0 Å². The molecule has 3 N–H and O–H groups in total. The Bertz CT molecular complexity index is 314. The lowest BCUT2D eigenvalue weighted by atomic mass is 10.0. The van der Waals surface area contributed by atoms with E-state index in [1.54, 1.807) is 6.07 Å². The maximum Gasteiger partial charge on any atom is 0.0819 e. The zero-order chi connectivity index (χ0) is 9.68. The van der Waals surface area contributed by atoms with Gasteiger partial charge in [0.05, 0.1) is 6.10 Å². The molecule has 1 rings (SSSR count). The SMILES string of the molecule is C#CCCC(O)c1ccccc1N. The summed E-state index contributed by atoms with van der Waals surface area (Å²) >= 11 is 0. The Morgan fingerprint density at radius 3 is 2.77 bits per heavy atom. The molecule has 2 nitrogen and oxygen atoms in total. The number of terminal acetylenes is 1. The van der Waals surface area contributed by atoms with Gasteiger partial charge in [0.15, 0.2) is 0 Å². The van der Waals surface area contributed by atoms with Crippen LogP contribution in [0.2, 0.25) is 0 Å². The van der Waals surface area contributed by atoms with E-state index in [9.17, 15) is 5.11 Å². The number of benzene rings is 1. The molecule has 0 radical (unpaired) electrons. The van der Waals surface area contributed by atoms with Crippen LogP contribution in [0, 0.1) is 12.3 Å². The zero-order valence-electron chi connectivity index (χ0n) is 7.40. The van der Waals surface area contributed by atoms with Crippen molar-refractivity contribution < 1.29 is 5.11 Å². The number of hydrogen-bond acceptors (Lipinski definition) is 2. The number of rotatable bonds is 3. The van der Waals surface area contributed by atoms with E-state index in [2.05, 4.69) is 5.92 Å². The summed E-state index contributed by atoms with van der Waals surface area (Å²) in [5, 5.41) is 9.66. The molecule has 1 aromatic carbocycles. The molecule has 68 valence electrons. The van der Waals surface area contributed by atoms with Crippen LogP contribution in [0.4, 0.5) is 5.69 Å². The van der Waals surface area contributed by atoms with Gasteiger partial charge < -0.3 is 10.8 Å². The van der Waals surface area contributed by atoms with E-state index in [1.807, 2.05) is 18.2 Å². The van der Waals surface area contributed by atoms with Crippen molar-refractivity contribution in [3.8, 4) is 12.3 Å². The number of hydrogen-bond donors (Lipinski definition) is 2. The molecule has 0 fully saturated rings. The monoisotopic (exact) mass is 175 g/mol. The van der Waals surface area contributed by atoms with E-state index in [0.717, 1.165) is 5.56 Å². The largest absolute Gasteiger partial charge is 0.398 e. The highest BCUT2D eigenvalue weighted by molar-refractivity contribution is 5.47. The Morgan fingerprint density at radius 2 is 2.15 bits per heavy atom. The fourth-order valence-electron chi connectivity index (χ4n) is 1.19. The summed E-state index contributed by atoms with van der Waals surface area (Å²) in [7, 11) is 0. The molecular weight excluding hydrogens is 162 g/mol. The number of anilines is 1. The van der Waals surface area contributed by atoms with Crippen LogP contribution in [0.15, 0.2) is 24.3 Å². The molecule has 0 amide bonds. The predicted molar refractivity (Wildman–Crippen MR) is 53.9 cm³/mol. The molecule has 13 heavy (non-hydrogen) atoms. The minimum absolute atomic E-state index is 0.544. The van der Waals surface area contributed by atoms with Gasteiger partial charge in [-0.25, -0.2) is 0 Å². The minimum Gasteiger partial charge on any atom is -0.398 e. The molecule has 0 saturated carbocycles. The molecule has 2 heteroatoms. The Morgan fingerprint density at radius 1 is 1.46 bits per heavy atom. The standard InChI is InChI=1S/C11H13NO/c1-2-3-8-11(13)9-6-4-5-7-10(9)12/h1,4-7,11,13H,3,8,12H2. The van der Waals surface area contributed by atoms with Crippen LogP contribution in [0.3, 0.4) is 0 Å². The molecule has 0 bridgehead atoms. The summed E-state index contributed by atoms with van der Waals surface area (Å²) in [6, 6.07) is 7.28. The first-order chi connectivity index (χ1) is 6.25. The van der Waals surface area contributed by atoms with E-state index in [4.69, 9.17) is 12.2 Å². The smallest absolute Gasteiger partial charge is 0.0819 e. The molecule has 0 aliphatic heterocycles. The van der Waals surface area contributed by atoms with Gasteiger partial charge >= 0.3 is 0 Å². The van der Waals surface area contributed by atoms with Crippen LogP contribution >= 0.6 is 0 Å². The topological polar surface area (TPSA) is 46.2 Å². The zero-order valence-corrected chi connectivity index (χ0v) is 7.40. The highest BCUT2D eigenvalue weighted by Gasteiger charge is 2.08. The molecule has 0 heterocycles. The summed E-state index contributed by atoms with van der Waals surface area (Å²) in [6.45, 7) is 0. The van der Waals surface area contributed by atoms with Gasteiger partial charge in [-0.15, -0.1) is 12.3 Å². The normalized spacial score (nSPS) is 12.0. The van der Waals surface area contributed by atoms with E-state index >= 15 is 0 Å². The molecule has 0 aromatic heterocycles. The van der Waals surface area contributed by atoms with Crippen molar-refractivity contribution in [1.29, 1.82) is 0 Å². The Kier molecular flexibility index (Phi) is 3.36. The molecular formula is C11H13NO. The van der Waals surface area contributed by atoms with Crippen LogP contribution in [0.1, 0.15) is 24.5 Å². The van der Waals surface area contributed by atoms with E-state index in [-0.39, 0.29) is 0 Å². The summed E-state index contributed by atoms with van der Waals surface area (Å²) in [5.74, 6) is 2.49. The lowest BCUT2D eigenvalue weighted by molar-refractivity contribution is 0.170. The summed E-state index contributed by atoms with van der Waals surface area (Å²) in [4.78, 5) is 0. The van der Waals surface area contributed by atoms with Crippen molar-refractivity contribution in [1.82, 2.24) is 0 Å². The minimum atomic E-state index is -0.544. The van der Waals surface area contributed by atoms with Crippen molar-refractivity contribution in [2.45, 2.75) is 18.9 Å². The third-order valence-corrected chi connectivity index (χ3v) is 1.92. The Balaban J connectivity index is 2.72. The number of nitrogen functional groups attached to an aromatic ring is 1. The average molecular weight is 175 g/mol. The first-order valence-electron chi connectivity index (χ1n) is 4.21. The number of aliphatic hydroxyl groups is 1. The molecule has 1 aromatic rings. The van der Waals surface area contributed by atoms with E-state index in [0.29, 0.717) is 18.5 Å². The Hall–Kier alpha value is -1.46. The van der Waals surface area contributed by atoms with Crippen LogP contribution in [-0.2, 0) is 0 Å². The summed E-state index contributed by atoms with van der Waals surface area (Å²) in [5.41, 5.74) is 7.06. The number of nitrogens with two attached hydrogens (primary N) is 1. The van der Waals surface area contributed by atoms with Crippen LogP contribution in [0.5, 0.6) is 0 Å². The summed E-state index contributed by atoms with van der Waals surface area (Å²) < 4.78 is 0. The van der Waals surface area contributed by atoms with Crippen LogP contribution in [0.25, 0.3) is 0 Å².